The Labute approximate surface area is 92.6 Å². The van der Waals surface area contributed by atoms with E-state index in [1.165, 1.54) is 0 Å². The van der Waals surface area contributed by atoms with Gasteiger partial charge in [0.05, 0.1) is 6.10 Å². The maximum atomic E-state index is 9.52. The normalized spacial score (nSPS) is 13.4. The molecular weight excluding hydrogens is 240 g/mol. The minimum absolute atomic E-state index is 0.323. The highest BCUT2D eigenvalue weighted by Gasteiger charge is 2.05. The molecule has 14 heavy (non-hydrogen) atoms. The molecule has 0 unspecified atom stereocenters. The molecule has 1 nitrogen and oxygen atoms in total. The van der Waals surface area contributed by atoms with Gasteiger partial charge in [0.25, 0.3) is 0 Å². The third kappa shape index (κ3) is 3.37. The van der Waals surface area contributed by atoms with Crippen LogP contribution in [0.3, 0.4) is 0 Å². The van der Waals surface area contributed by atoms with E-state index in [1.807, 2.05) is 36.4 Å². The van der Waals surface area contributed by atoms with Gasteiger partial charge >= 0.3 is 0 Å². The van der Waals surface area contributed by atoms with E-state index in [0.717, 1.165) is 5.56 Å². The molecule has 1 aromatic carbocycles. The lowest BCUT2D eigenvalue weighted by Gasteiger charge is -2.05. The lowest BCUT2D eigenvalue weighted by atomic mass is 10.1. The summed E-state index contributed by atoms with van der Waals surface area (Å²) in [5.41, 5.74) is 1.04. The van der Waals surface area contributed by atoms with Crippen LogP contribution in [0.25, 0.3) is 6.08 Å². The molecular formula is C12H11BrO. The second kappa shape index (κ2) is 5.64. The first kappa shape index (κ1) is 11.0. The number of halogens is 1. The van der Waals surface area contributed by atoms with E-state index >= 15 is 0 Å². The summed E-state index contributed by atoms with van der Waals surface area (Å²) in [7, 11) is 0. The largest absolute Gasteiger partial charge is 0.387 e. The summed E-state index contributed by atoms with van der Waals surface area (Å²) in [6, 6.07) is 9.76. The molecule has 0 aliphatic rings. The summed E-state index contributed by atoms with van der Waals surface area (Å²) in [4.78, 5) is 0. The summed E-state index contributed by atoms with van der Waals surface area (Å²) in [5.74, 6) is 2.41. The summed E-state index contributed by atoms with van der Waals surface area (Å²) in [5, 5.41) is 9.52. The van der Waals surface area contributed by atoms with Crippen molar-refractivity contribution in [3.05, 3.63) is 40.4 Å². The average molecular weight is 251 g/mol. The quantitative estimate of drug-likeness (QED) is 0.819. The molecule has 2 heteroatoms. The van der Waals surface area contributed by atoms with E-state index in [1.54, 1.807) is 0 Å². The summed E-state index contributed by atoms with van der Waals surface area (Å²) < 4.78 is 0.710. The van der Waals surface area contributed by atoms with Gasteiger partial charge in [-0.3, -0.25) is 0 Å². The number of rotatable bonds is 3. The van der Waals surface area contributed by atoms with Crippen LogP contribution < -0.4 is 0 Å². The Morgan fingerprint density at radius 1 is 1.50 bits per heavy atom. The Morgan fingerprint density at radius 2 is 2.14 bits per heavy atom. The first-order valence-corrected chi connectivity index (χ1v) is 5.07. The van der Waals surface area contributed by atoms with Gasteiger partial charge < -0.3 is 5.11 Å². The van der Waals surface area contributed by atoms with E-state index in [2.05, 4.69) is 21.9 Å². The minimum atomic E-state index is -0.611. The van der Waals surface area contributed by atoms with Gasteiger partial charge in [-0.05, 0) is 11.6 Å². The number of hydrogen-bond donors (Lipinski definition) is 1. The van der Waals surface area contributed by atoms with Crippen molar-refractivity contribution in [2.24, 2.45) is 0 Å². The molecule has 0 aliphatic heterocycles. The SMILES string of the molecule is C#CC[C@H](O)/C(Br)=C/c1ccccc1. The Bertz CT molecular complexity index is 348. The fourth-order valence-electron chi connectivity index (χ4n) is 1.01. The van der Waals surface area contributed by atoms with Crippen molar-refractivity contribution in [1.29, 1.82) is 0 Å². The van der Waals surface area contributed by atoms with Crippen molar-refractivity contribution in [3.63, 3.8) is 0 Å². The van der Waals surface area contributed by atoms with E-state index in [4.69, 9.17) is 6.42 Å². The van der Waals surface area contributed by atoms with Crippen molar-refractivity contribution in [2.45, 2.75) is 12.5 Å². The summed E-state index contributed by atoms with van der Waals surface area (Å²) in [6.07, 6.45) is 6.68. The molecule has 0 radical (unpaired) electrons. The van der Waals surface area contributed by atoms with Crippen LogP contribution in [-0.4, -0.2) is 11.2 Å². The third-order valence-corrected chi connectivity index (χ3v) is 2.49. The number of hydrogen-bond acceptors (Lipinski definition) is 1. The van der Waals surface area contributed by atoms with E-state index in [-0.39, 0.29) is 0 Å². The van der Waals surface area contributed by atoms with Gasteiger partial charge in [0.2, 0.25) is 0 Å². The number of terminal acetylenes is 1. The molecule has 0 saturated heterocycles. The predicted molar refractivity (Wildman–Crippen MR) is 62.8 cm³/mol. The molecule has 1 rings (SSSR count). The van der Waals surface area contributed by atoms with E-state index in [0.29, 0.717) is 10.9 Å². The summed E-state index contributed by atoms with van der Waals surface area (Å²) in [6.45, 7) is 0. The monoisotopic (exact) mass is 250 g/mol. The average Bonchev–Trinajstić information content (AvgIpc) is 2.19. The first-order valence-electron chi connectivity index (χ1n) is 4.27. The highest BCUT2D eigenvalue weighted by Crippen LogP contribution is 2.17. The van der Waals surface area contributed by atoms with Crippen molar-refractivity contribution in [1.82, 2.24) is 0 Å². The molecule has 1 atom stereocenters. The number of aliphatic hydroxyl groups excluding tert-OH is 1. The number of benzene rings is 1. The zero-order valence-electron chi connectivity index (χ0n) is 7.65. The van der Waals surface area contributed by atoms with Gasteiger partial charge in [-0.15, -0.1) is 12.3 Å². The van der Waals surface area contributed by atoms with Gasteiger partial charge in [-0.25, -0.2) is 0 Å². The topological polar surface area (TPSA) is 20.2 Å². The maximum Gasteiger partial charge on any atom is 0.0963 e. The van der Waals surface area contributed by atoms with Gasteiger partial charge in [0.15, 0.2) is 0 Å². The molecule has 0 spiro atoms. The van der Waals surface area contributed by atoms with Crippen LogP contribution in [-0.2, 0) is 0 Å². The minimum Gasteiger partial charge on any atom is -0.387 e. The van der Waals surface area contributed by atoms with Crippen molar-refractivity contribution < 1.29 is 5.11 Å². The van der Waals surface area contributed by atoms with Gasteiger partial charge in [0.1, 0.15) is 0 Å². The Morgan fingerprint density at radius 3 is 2.71 bits per heavy atom. The molecule has 1 N–H and O–H groups in total. The van der Waals surface area contributed by atoms with E-state index < -0.39 is 6.10 Å². The Hall–Kier alpha value is -1.04. The molecule has 72 valence electrons. The molecule has 1 aromatic rings. The van der Waals surface area contributed by atoms with Crippen LogP contribution in [0, 0.1) is 12.3 Å². The maximum absolute atomic E-state index is 9.52. The van der Waals surface area contributed by atoms with Crippen LogP contribution in [0.15, 0.2) is 34.8 Å². The van der Waals surface area contributed by atoms with Crippen LogP contribution in [0.4, 0.5) is 0 Å². The van der Waals surface area contributed by atoms with Crippen molar-refractivity contribution in [3.8, 4) is 12.3 Å². The fourth-order valence-corrected chi connectivity index (χ4v) is 1.44. The Kier molecular flexibility index (Phi) is 4.45. The molecule has 0 aliphatic carbocycles. The third-order valence-electron chi connectivity index (χ3n) is 1.73. The second-order valence-corrected chi connectivity index (χ2v) is 3.78. The highest BCUT2D eigenvalue weighted by atomic mass is 79.9. The van der Waals surface area contributed by atoms with Crippen LogP contribution in [0.2, 0.25) is 0 Å². The molecule has 0 aromatic heterocycles. The fraction of sp³-hybridized carbons (Fsp3) is 0.167. The summed E-state index contributed by atoms with van der Waals surface area (Å²) >= 11 is 3.30. The molecule has 0 heterocycles. The van der Waals surface area contributed by atoms with E-state index in [9.17, 15) is 5.11 Å². The standard InChI is InChI=1S/C12H11BrO/c1-2-6-12(14)11(13)9-10-7-4-3-5-8-10/h1,3-5,7-9,12,14H,6H2/b11-9-/t12-/m0/s1. The molecule has 0 fully saturated rings. The lowest BCUT2D eigenvalue weighted by molar-refractivity contribution is 0.227. The molecule has 0 bridgehead atoms. The molecule has 0 amide bonds. The zero-order valence-corrected chi connectivity index (χ0v) is 9.24. The van der Waals surface area contributed by atoms with Crippen molar-refractivity contribution in [2.75, 3.05) is 0 Å². The van der Waals surface area contributed by atoms with Crippen molar-refractivity contribution >= 4 is 22.0 Å². The van der Waals surface area contributed by atoms with Gasteiger partial charge in [-0.1, -0.05) is 46.3 Å². The van der Waals surface area contributed by atoms with Crippen LogP contribution in [0.5, 0.6) is 0 Å². The van der Waals surface area contributed by atoms with Crippen LogP contribution in [0.1, 0.15) is 12.0 Å². The highest BCUT2D eigenvalue weighted by molar-refractivity contribution is 9.11. The smallest absolute Gasteiger partial charge is 0.0963 e. The molecule has 0 saturated carbocycles. The second-order valence-electron chi connectivity index (χ2n) is 2.86. The predicted octanol–water partition coefficient (Wildman–Crippen LogP) is 2.81. The zero-order chi connectivity index (χ0) is 10.4. The first-order chi connectivity index (χ1) is 6.74. The Balaban J connectivity index is 2.74. The van der Waals surface area contributed by atoms with Gasteiger partial charge in [-0.2, -0.15) is 0 Å². The van der Waals surface area contributed by atoms with Gasteiger partial charge in [0, 0.05) is 10.9 Å². The van der Waals surface area contributed by atoms with Crippen LogP contribution >= 0.6 is 15.9 Å². The lowest BCUT2D eigenvalue weighted by Crippen LogP contribution is -2.04. The number of aliphatic hydroxyl groups is 1.